The van der Waals surface area contributed by atoms with E-state index in [9.17, 15) is 32.9 Å². The van der Waals surface area contributed by atoms with Gasteiger partial charge in [0.05, 0.1) is 39.3 Å². The number of nitro benzene ring substituents is 1. The number of allylic oxidation sites excluding steroid dienone is 1. The van der Waals surface area contributed by atoms with Gasteiger partial charge in [0.1, 0.15) is 0 Å². The van der Waals surface area contributed by atoms with E-state index in [0.717, 1.165) is 16.7 Å². The van der Waals surface area contributed by atoms with Gasteiger partial charge < -0.3 is 14.2 Å². The van der Waals surface area contributed by atoms with E-state index in [-0.39, 0.29) is 50.4 Å². The van der Waals surface area contributed by atoms with Crippen LogP contribution in [0.1, 0.15) is 24.1 Å². The van der Waals surface area contributed by atoms with Crippen LogP contribution >= 0.6 is 22.9 Å². The summed E-state index contributed by atoms with van der Waals surface area (Å²) in [6, 6.07) is 6.42. The number of benzene rings is 2. The van der Waals surface area contributed by atoms with E-state index >= 15 is 0 Å². The van der Waals surface area contributed by atoms with Crippen molar-refractivity contribution in [3.63, 3.8) is 0 Å². The highest BCUT2D eigenvalue weighted by molar-refractivity contribution is 7.07. The first-order valence-corrected chi connectivity index (χ1v) is 12.3. The van der Waals surface area contributed by atoms with Gasteiger partial charge in [-0.2, -0.15) is 13.2 Å². The van der Waals surface area contributed by atoms with Gasteiger partial charge in [-0.1, -0.05) is 35.1 Å². The number of alkyl halides is 3. The fourth-order valence-corrected chi connectivity index (χ4v) is 5.28. The molecule has 2 aliphatic rings. The second-order valence-corrected chi connectivity index (χ2v) is 9.58. The molecule has 10 nitrogen and oxygen atoms in total. The molecule has 3 heterocycles. The monoisotopic (exact) mass is 581 g/mol. The number of hydrogen-bond donors (Lipinski definition) is 0. The summed E-state index contributed by atoms with van der Waals surface area (Å²) in [6.45, 7) is 1.05. The molecular weight excluding hydrogens is 567 g/mol. The fraction of sp³-hybridized carbons (Fsp3) is 0.208. The molecule has 2 aromatic carbocycles. The zero-order valence-corrected chi connectivity index (χ0v) is 21.2. The highest BCUT2D eigenvalue weighted by Crippen LogP contribution is 2.40. The number of carbonyl (C=O) groups excluding carboxylic acids is 1. The third-order valence-corrected chi connectivity index (χ3v) is 7.02. The van der Waals surface area contributed by atoms with Crippen LogP contribution in [0.25, 0.3) is 6.08 Å². The molecule has 0 saturated heterocycles. The Morgan fingerprint density at radius 1 is 1.28 bits per heavy atom. The number of thiazole rings is 1. The van der Waals surface area contributed by atoms with Crippen LogP contribution in [-0.4, -0.2) is 35.0 Å². The minimum atomic E-state index is -5.07. The van der Waals surface area contributed by atoms with E-state index in [0.29, 0.717) is 11.3 Å². The van der Waals surface area contributed by atoms with Gasteiger partial charge in [-0.15, -0.1) is 0 Å². The molecule has 0 aliphatic carbocycles. The minimum Gasteiger partial charge on any atom is -0.463 e. The maximum absolute atomic E-state index is 14.2. The molecule has 5 rings (SSSR count). The zero-order valence-electron chi connectivity index (χ0n) is 19.7. The third-order valence-electron chi connectivity index (χ3n) is 5.79. The van der Waals surface area contributed by atoms with Crippen molar-refractivity contribution in [3.05, 3.63) is 93.6 Å². The minimum absolute atomic E-state index is 0.0433. The molecule has 0 amide bonds. The van der Waals surface area contributed by atoms with Crippen LogP contribution in [-0.2, 0) is 9.53 Å². The fourth-order valence-electron chi connectivity index (χ4n) is 4.16. The highest BCUT2D eigenvalue weighted by Gasteiger charge is 2.45. The first-order valence-electron chi connectivity index (χ1n) is 11.1. The van der Waals surface area contributed by atoms with Crippen molar-refractivity contribution >= 4 is 40.7 Å². The van der Waals surface area contributed by atoms with Gasteiger partial charge in [0, 0.05) is 5.02 Å². The maximum atomic E-state index is 14.2. The average molecular weight is 582 g/mol. The Morgan fingerprint density at radius 3 is 2.56 bits per heavy atom. The second-order valence-electron chi connectivity index (χ2n) is 8.14. The van der Waals surface area contributed by atoms with Crippen molar-refractivity contribution in [3.8, 4) is 11.5 Å². The van der Waals surface area contributed by atoms with E-state index in [2.05, 4.69) is 4.99 Å². The van der Waals surface area contributed by atoms with Gasteiger partial charge >= 0.3 is 12.1 Å². The number of halogens is 4. The Balaban J connectivity index is 1.80. The van der Waals surface area contributed by atoms with Gasteiger partial charge in [-0.25, -0.2) is 9.79 Å². The van der Waals surface area contributed by atoms with Gasteiger partial charge in [0.15, 0.2) is 22.0 Å². The van der Waals surface area contributed by atoms with Crippen molar-refractivity contribution in [2.45, 2.75) is 19.1 Å². The zero-order chi connectivity index (χ0) is 28.1. The number of aromatic nitrogens is 1. The number of nitrogens with zero attached hydrogens (tertiary/aromatic N) is 3. The van der Waals surface area contributed by atoms with Crippen LogP contribution in [0.3, 0.4) is 0 Å². The normalized spacial score (nSPS) is 16.6. The van der Waals surface area contributed by atoms with Crippen molar-refractivity contribution in [1.29, 1.82) is 0 Å². The van der Waals surface area contributed by atoms with Crippen LogP contribution in [0, 0.1) is 10.1 Å². The SMILES string of the molecule is CCOC(=O)C1=C(C(F)(F)F)N=c2s/c(=C\c3cc4c(cc3[N+](=O)[O-])OCO4)c(=O)n2[C@@H]1c1ccc(Cl)cc1. The Morgan fingerprint density at radius 2 is 1.95 bits per heavy atom. The number of carbonyl (C=O) groups is 1. The van der Waals surface area contributed by atoms with E-state index < -0.39 is 45.6 Å². The number of fused-ring (bicyclic) bond motifs is 2. The van der Waals surface area contributed by atoms with Gasteiger partial charge in [0.2, 0.25) is 6.79 Å². The van der Waals surface area contributed by atoms with Crippen LogP contribution in [0.15, 0.2) is 57.5 Å². The Labute approximate surface area is 225 Å². The Kier molecular flexibility index (Phi) is 6.68. The Bertz CT molecular complexity index is 1730. The summed E-state index contributed by atoms with van der Waals surface area (Å²) in [4.78, 5) is 40.8. The standard InChI is InChI=1S/C24H15ClF3N3O7S/c1-2-36-22(33)18-19(11-3-5-13(25)6-4-11)30-21(32)17(39-23(30)29-20(18)24(26,27)28)8-12-7-15-16(38-10-37-15)9-14(12)31(34)35/h3-9,19H,2,10H2,1H3/b17-8-/t19-/m1/s1. The molecule has 0 unspecified atom stereocenters. The summed E-state index contributed by atoms with van der Waals surface area (Å²) in [5.41, 5.74) is -3.53. The first-order chi connectivity index (χ1) is 18.5. The highest BCUT2D eigenvalue weighted by atomic mass is 35.5. The molecule has 39 heavy (non-hydrogen) atoms. The summed E-state index contributed by atoms with van der Waals surface area (Å²) in [6.07, 6.45) is -3.91. The summed E-state index contributed by atoms with van der Waals surface area (Å²) in [7, 11) is 0. The molecule has 2 aliphatic heterocycles. The van der Waals surface area contributed by atoms with E-state index in [1.807, 2.05) is 0 Å². The predicted molar refractivity (Wildman–Crippen MR) is 131 cm³/mol. The largest absolute Gasteiger partial charge is 0.463 e. The lowest BCUT2D eigenvalue weighted by Crippen LogP contribution is -2.41. The number of nitro groups is 1. The molecular formula is C24H15ClF3N3O7S. The molecule has 0 bridgehead atoms. The summed E-state index contributed by atoms with van der Waals surface area (Å²) >= 11 is 6.54. The molecule has 202 valence electrons. The predicted octanol–water partition coefficient (Wildman–Crippen LogP) is 3.63. The molecule has 15 heteroatoms. The third kappa shape index (κ3) is 4.76. The number of esters is 1. The van der Waals surface area contributed by atoms with Crippen molar-refractivity contribution in [1.82, 2.24) is 4.57 Å². The van der Waals surface area contributed by atoms with Gasteiger partial charge in [0.25, 0.3) is 11.2 Å². The molecule has 1 atom stereocenters. The number of hydrogen-bond acceptors (Lipinski definition) is 9. The van der Waals surface area contributed by atoms with Crippen molar-refractivity contribution in [2.75, 3.05) is 13.4 Å². The lowest BCUT2D eigenvalue weighted by atomic mass is 9.95. The van der Waals surface area contributed by atoms with Crippen molar-refractivity contribution < 1.29 is 37.1 Å². The summed E-state index contributed by atoms with van der Waals surface area (Å²) < 4.78 is 58.7. The second kappa shape index (κ2) is 9.85. The summed E-state index contributed by atoms with van der Waals surface area (Å²) in [5.74, 6) is -0.964. The van der Waals surface area contributed by atoms with Crippen LogP contribution < -0.4 is 24.4 Å². The quantitative estimate of drug-likeness (QED) is 0.256. The molecule has 0 spiro atoms. The van der Waals surface area contributed by atoms with Gasteiger partial charge in [-0.05, 0) is 36.8 Å². The lowest BCUT2D eigenvalue weighted by molar-refractivity contribution is -0.385. The van der Waals surface area contributed by atoms with E-state index in [1.54, 1.807) is 0 Å². The average Bonchev–Trinajstić information content (AvgIpc) is 3.46. The van der Waals surface area contributed by atoms with E-state index in [1.165, 1.54) is 37.3 Å². The van der Waals surface area contributed by atoms with Crippen LogP contribution in [0.5, 0.6) is 11.5 Å². The Hall–Kier alpha value is -4.17. The van der Waals surface area contributed by atoms with Gasteiger partial charge in [-0.3, -0.25) is 19.5 Å². The molecule has 0 saturated carbocycles. The molecule has 0 fully saturated rings. The van der Waals surface area contributed by atoms with E-state index in [4.69, 9.17) is 25.8 Å². The lowest BCUT2D eigenvalue weighted by Gasteiger charge is -2.26. The smallest absolute Gasteiger partial charge is 0.434 e. The number of rotatable bonds is 5. The first kappa shape index (κ1) is 26.4. The number of ether oxygens (including phenoxy) is 3. The molecule has 3 aromatic rings. The molecule has 1 aromatic heterocycles. The van der Waals surface area contributed by atoms with Crippen LogP contribution in [0.4, 0.5) is 18.9 Å². The molecule has 0 radical (unpaired) electrons. The topological polar surface area (TPSA) is 122 Å². The maximum Gasteiger partial charge on any atom is 0.434 e. The summed E-state index contributed by atoms with van der Waals surface area (Å²) in [5, 5.41) is 12.0. The van der Waals surface area contributed by atoms with Crippen molar-refractivity contribution in [2.24, 2.45) is 4.99 Å². The molecule has 0 N–H and O–H groups in total. The van der Waals surface area contributed by atoms with Crippen LogP contribution in [0.2, 0.25) is 5.02 Å².